The molecule has 2 rings (SSSR count). The van der Waals surface area contributed by atoms with Gasteiger partial charge < -0.3 is 5.32 Å². The summed E-state index contributed by atoms with van der Waals surface area (Å²) < 4.78 is 14.2. The molecule has 1 heterocycles. The molecule has 1 aromatic carbocycles. The lowest BCUT2D eigenvalue weighted by Gasteiger charge is -2.37. The van der Waals surface area contributed by atoms with E-state index in [0.29, 0.717) is 0 Å². The fraction of sp³-hybridized carbons (Fsp3) is 0.562. The van der Waals surface area contributed by atoms with Crippen LogP contribution in [0.25, 0.3) is 0 Å². The van der Waals surface area contributed by atoms with Crippen LogP contribution in [0.3, 0.4) is 0 Å². The van der Waals surface area contributed by atoms with Gasteiger partial charge in [0.1, 0.15) is 17.0 Å². The van der Waals surface area contributed by atoms with Crippen molar-refractivity contribution in [1.82, 2.24) is 4.31 Å². The summed E-state index contributed by atoms with van der Waals surface area (Å²) in [5.41, 5.74) is 0.787. The van der Waals surface area contributed by atoms with Gasteiger partial charge in [-0.1, -0.05) is 24.6 Å². The number of carbonyl (C=O) groups excluding carboxylic acids is 1. The minimum absolute atomic E-state index is 0.0569. The Morgan fingerprint density at radius 3 is 2.52 bits per heavy atom. The lowest BCUT2D eigenvalue weighted by atomic mass is 10.0. The summed E-state index contributed by atoms with van der Waals surface area (Å²) in [6.07, 6.45) is 2.77. The molecule has 1 amide bonds. The van der Waals surface area contributed by atoms with Gasteiger partial charge in [-0.25, -0.2) is 8.51 Å². The van der Waals surface area contributed by atoms with E-state index in [1.54, 1.807) is 0 Å². The van der Waals surface area contributed by atoms with Gasteiger partial charge >= 0.3 is 0 Å². The largest absolute Gasteiger partial charge is 0.325 e. The number of carbonyl (C=O) groups is 1. The molecule has 5 heteroatoms. The number of para-hydroxylation sites is 1. The molecule has 1 N–H and O–H groups in total. The van der Waals surface area contributed by atoms with Gasteiger partial charge in [0.15, 0.2) is 0 Å². The Morgan fingerprint density at radius 1 is 1.24 bits per heavy atom. The first kappa shape index (κ1) is 16.2. The van der Waals surface area contributed by atoms with Crippen molar-refractivity contribution in [3.8, 4) is 0 Å². The van der Waals surface area contributed by atoms with Gasteiger partial charge in [-0.2, -0.15) is 0 Å². The lowest BCUT2D eigenvalue weighted by molar-refractivity contribution is -0.120. The van der Waals surface area contributed by atoms with Gasteiger partial charge in [0.25, 0.3) is 0 Å². The average molecular weight is 308 g/mol. The monoisotopic (exact) mass is 308 g/mol. The van der Waals surface area contributed by atoms with E-state index < -0.39 is 11.0 Å². The van der Waals surface area contributed by atoms with Crippen molar-refractivity contribution in [2.24, 2.45) is 0 Å². The Hall–Kier alpha value is -1.20. The Morgan fingerprint density at radius 2 is 1.90 bits per heavy atom. The van der Waals surface area contributed by atoms with Crippen molar-refractivity contribution in [2.45, 2.75) is 50.8 Å². The number of piperidine rings is 1. The molecule has 1 aliphatic rings. The van der Waals surface area contributed by atoms with Crippen LogP contribution in [0.1, 0.15) is 40.0 Å². The van der Waals surface area contributed by atoms with Crippen LogP contribution in [0, 0.1) is 0 Å². The molecule has 1 aromatic rings. The van der Waals surface area contributed by atoms with Crippen molar-refractivity contribution in [3.05, 3.63) is 30.3 Å². The van der Waals surface area contributed by atoms with Crippen LogP contribution >= 0.6 is 0 Å². The van der Waals surface area contributed by atoms with Crippen molar-refractivity contribution in [3.63, 3.8) is 0 Å². The van der Waals surface area contributed by atoms with Crippen LogP contribution in [-0.4, -0.2) is 31.8 Å². The maximum atomic E-state index is 12.6. The van der Waals surface area contributed by atoms with Crippen LogP contribution in [0.2, 0.25) is 0 Å². The van der Waals surface area contributed by atoms with Crippen LogP contribution in [-0.2, 0) is 15.8 Å². The number of hydrogen-bond donors (Lipinski definition) is 1. The second kappa shape index (κ2) is 6.71. The molecule has 0 aromatic heterocycles. The summed E-state index contributed by atoms with van der Waals surface area (Å²) in [4.78, 5) is 12.5. The molecule has 0 spiro atoms. The van der Waals surface area contributed by atoms with E-state index >= 15 is 0 Å². The Kier molecular flexibility index (Phi) is 5.17. The first-order chi connectivity index (χ1) is 9.89. The minimum Gasteiger partial charge on any atom is -0.325 e. The highest BCUT2D eigenvalue weighted by atomic mass is 32.2. The third-order valence-corrected chi connectivity index (χ3v) is 5.45. The van der Waals surface area contributed by atoms with Crippen molar-refractivity contribution >= 4 is 22.6 Å². The summed E-state index contributed by atoms with van der Waals surface area (Å²) in [5.74, 6) is -0.0569. The van der Waals surface area contributed by atoms with Crippen molar-refractivity contribution in [1.29, 1.82) is 0 Å². The standard InChI is InChI=1S/C16H24N2O2S/c1-16(2,3)21(20)18-12-8-7-11-14(18)15(19)17-13-9-5-4-6-10-13/h4-6,9-10,14H,7-8,11-12H2,1-3H3,(H,17,19)/t14-,21?/m0/s1. The Labute approximate surface area is 129 Å². The zero-order valence-corrected chi connectivity index (χ0v) is 13.8. The predicted molar refractivity (Wildman–Crippen MR) is 87.3 cm³/mol. The molecule has 0 saturated carbocycles. The second-order valence-electron chi connectivity index (χ2n) is 6.37. The lowest BCUT2D eigenvalue weighted by Crippen LogP contribution is -2.51. The maximum Gasteiger partial charge on any atom is 0.242 e. The smallest absolute Gasteiger partial charge is 0.242 e. The fourth-order valence-electron chi connectivity index (χ4n) is 2.46. The van der Waals surface area contributed by atoms with Gasteiger partial charge in [0.05, 0.1) is 4.75 Å². The summed E-state index contributed by atoms with van der Waals surface area (Å²) in [6, 6.07) is 9.12. The number of rotatable bonds is 3. The zero-order valence-electron chi connectivity index (χ0n) is 13.0. The molecule has 0 bridgehead atoms. The molecule has 1 aliphatic heterocycles. The molecule has 1 fully saturated rings. The van der Waals surface area contributed by atoms with Crippen LogP contribution in [0.15, 0.2) is 30.3 Å². The Bertz CT molecular complexity index is 511. The third kappa shape index (κ3) is 4.14. The number of nitrogens with zero attached hydrogens (tertiary/aromatic N) is 1. The maximum absolute atomic E-state index is 12.6. The highest BCUT2D eigenvalue weighted by molar-refractivity contribution is 7.84. The van der Waals surface area contributed by atoms with E-state index in [9.17, 15) is 9.00 Å². The van der Waals surface area contributed by atoms with Gasteiger partial charge in [-0.15, -0.1) is 0 Å². The summed E-state index contributed by atoms with van der Waals surface area (Å²) >= 11 is 0. The molecule has 116 valence electrons. The molecule has 0 aliphatic carbocycles. The molecule has 2 atom stereocenters. The topological polar surface area (TPSA) is 49.4 Å². The predicted octanol–water partition coefficient (Wildman–Crippen LogP) is 2.94. The number of hydrogen-bond acceptors (Lipinski definition) is 2. The van der Waals surface area contributed by atoms with Crippen molar-refractivity contribution < 1.29 is 9.00 Å². The molecular weight excluding hydrogens is 284 g/mol. The molecular formula is C16H24N2O2S. The second-order valence-corrected chi connectivity index (χ2v) is 8.56. The highest BCUT2D eigenvalue weighted by Crippen LogP contribution is 2.25. The summed E-state index contributed by atoms with van der Waals surface area (Å²) in [6.45, 7) is 6.56. The Balaban J connectivity index is 2.11. The van der Waals surface area contributed by atoms with Gasteiger partial charge in [0.2, 0.25) is 5.91 Å². The van der Waals surface area contributed by atoms with Gasteiger partial charge in [-0.3, -0.25) is 4.79 Å². The quantitative estimate of drug-likeness (QED) is 0.933. The molecule has 4 nitrogen and oxygen atoms in total. The molecule has 1 unspecified atom stereocenters. The zero-order chi connectivity index (χ0) is 15.5. The number of amides is 1. The summed E-state index contributed by atoms with van der Waals surface area (Å²) in [7, 11) is -1.16. The van der Waals surface area contributed by atoms with E-state index in [1.165, 1.54) is 0 Å². The fourth-order valence-corrected chi connectivity index (χ4v) is 3.90. The SMILES string of the molecule is CC(C)(C)S(=O)N1CCCC[C@H]1C(=O)Nc1ccccc1. The van der Waals surface area contributed by atoms with E-state index in [-0.39, 0.29) is 16.7 Å². The van der Waals surface area contributed by atoms with Crippen molar-refractivity contribution in [2.75, 3.05) is 11.9 Å². The number of anilines is 1. The first-order valence-corrected chi connectivity index (χ1v) is 8.55. The van der Waals surface area contributed by atoms with E-state index in [2.05, 4.69) is 5.32 Å². The molecule has 0 radical (unpaired) electrons. The van der Waals surface area contributed by atoms with E-state index in [1.807, 2.05) is 55.4 Å². The first-order valence-electron chi connectivity index (χ1n) is 7.44. The highest BCUT2D eigenvalue weighted by Gasteiger charge is 2.36. The van der Waals surface area contributed by atoms with Crippen LogP contribution in [0.5, 0.6) is 0 Å². The van der Waals surface area contributed by atoms with Gasteiger partial charge in [-0.05, 0) is 45.7 Å². The van der Waals surface area contributed by atoms with Crippen LogP contribution in [0.4, 0.5) is 5.69 Å². The molecule has 21 heavy (non-hydrogen) atoms. The summed E-state index contributed by atoms with van der Waals surface area (Å²) in [5, 5.41) is 2.93. The third-order valence-electron chi connectivity index (χ3n) is 3.53. The normalized spacial score (nSPS) is 21.8. The van der Waals surface area contributed by atoms with Gasteiger partial charge in [0, 0.05) is 12.2 Å². The van der Waals surface area contributed by atoms with E-state index in [4.69, 9.17) is 0 Å². The minimum atomic E-state index is -1.16. The van der Waals surface area contributed by atoms with E-state index in [0.717, 1.165) is 31.5 Å². The average Bonchev–Trinajstić information content (AvgIpc) is 2.46. The number of benzene rings is 1. The van der Waals surface area contributed by atoms with Crippen LogP contribution < -0.4 is 5.32 Å². The number of nitrogens with one attached hydrogen (secondary N) is 1. The molecule has 1 saturated heterocycles.